The van der Waals surface area contributed by atoms with Crippen molar-refractivity contribution >= 4 is 69.4 Å². The van der Waals surface area contributed by atoms with Gasteiger partial charge in [0, 0.05) is 31.5 Å². The molecular formula is C55H40S. The summed E-state index contributed by atoms with van der Waals surface area (Å²) in [4.78, 5) is 0. The van der Waals surface area contributed by atoms with Gasteiger partial charge in [-0.05, 0) is 124 Å². The lowest BCUT2D eigenvalue weighted by Gasteiger charge is -2.27. The second kappa shape index (κ2) is 12.4. The van der Waals surface area contributed by atoms with E-state index in [2.05, 4.69) is 173 Å². The van der Waals surface area contributed by atoms with Crippen molar-refractivity contribution in [3.8, 4) is 22.3 Å². The van der Waals surface area contributed by atoms with E-state index in [4.69, 9.17) is 0 Å². The second-order valence-electron chi connectivity index (χ2n) is 16.1. The van der Waals surface area contributed by atoms with Crippen LogP contribution in [0.15, 0.2) is 194 Å². The van der Waals surface area contributed by atoms with Crippen molar-refractivity contribution in [3.63, 3.8) is 0 Å². The monoisotopic (exact) mass is 732 g/mol. The third-order valence-corrected chi connectivity index (χ3v) is 13.8. The molecule has 0 fully saturated rings. The molecule has 56 heavy (non-hydrogen) atoms. The van der Waals surface area contributed by atoms with Gasteiger partial charge in [-0.2, -0.15) is 0 Å². The average molecular weight is 733 g/mol. The van der Waals surface area contributed by atoms with E-state index in [0.717, 1.165) is 17.6 Å². The van der Waals surface area contributed by atoms with Gasteiger partial charge in [0.1, 0.15) is 0 Å². The Labute approximate surface area is 332 Å². The number of rotatable bonds is 5. The van der Waals surface area contributed by atoms with Crippen molar-refractivity contribution in [2.24, 2.45) is 5.92 Å². The van der Waals surface area contributed by atoms with Crippen molar-refractivity contribution in [2.75, 3.05) is 0 Å². The van der Waals surface area contributed by atoms with Crippen molar-refractivity contribution in [1.29, 1.82) is 0 Å². The van der Waals surface area contributed by atoms with Gasteiger partial charge in [0.2, 0.25) is 0 Å². The summed E-state index contributed by atoms with van der Waals surface area (Å²) in [6.07, 6.45) is 18.3. The molecule has 11 rings (SSSR count). The number of allylic oxidation sites excluding steroid dienone is 12. The van der Waals surface area contributed by atoms with Crippen molar-refractivity contribution in [3.05, 3.63) is 210 Å². The third-order valence-electron chi connectivity index (χ3n) is 12.6. The van der Waals surface area contributed by atoms with E-state index in [1.54, 1.807) is 6.08 Å². The summed E-state index contributed by atoms with van der Waals surface area (Å²) in [5.41, 5.74) is 14.2. The molecule has 0 radical (unpaired) electrons. The zero-order valence-electron chi connectivity index (χ0n) is 31.7. The van der Waals surface area contributed by atoms with Gasteiger partial charge >= 0.3 is 0 Å². The predicted molar refractivity (Wildman–Crippen MR) is 245 cm³/mol. The molecule has 3 aliphatic rings. The zero-order valence-corrected chi connectivity index (χ0v) is 32.5. The lowest BCUT2D eigenvalue weighted by molar-refractivity contribution is 0.666. The highest BCUT2D eigenvalue weighted by atomic mass is 32.1. The summed E-state index contributed by atoms with van der Waals surface area (Å²) in [7, 11) is 0. The number of thiophene rings is 1. The summed E-state index contributed by atoms with van der Waals surface area (Å²) in [5, 5.41) is 10.6. The van der Waals surface area contributed by atoms with Crippen LogP contribution >= 0.6 is 11.3 Å². The van der Waals surface area contributed by atoms with Crippen LogP contribution in [0.1, 0.15) is 37.0 Å². The lowest BCUT2D eigenvalue weighted by Crippen LogP contribution is -2.15. The van der Waals surface area contributed by atoms with Gasteiger partial charge in [0.05, 0.1) is 0 Å². The molecule has 1 unspecified atom stereocenters. The first-order chi connectivity index (χ1) is 27.4. The fourth-order valence-electron chi connectivity index (χ4n) is 10.0. The predicted octanol–water partition coefficient (Wildman–Crippen LogP) is 15.6. The van der Waals surface area contributed by atoms with E-state index in [9.17, 15) is 0 Å². The highest BCUT2D eigenvalue weighted by Crippen LogP contribution is 2.54. The van der Waals surface area contributed by atoms with Crippen LogP contribution < -0.4 is 0 Å². The van der Waals surface area contributed by atoms with Crippen LogP contribution in [-0.4, -0.2) is 0 Å². The maximum absolute atomic E-state index is 4.29. The van der Waals surface area contributed by atoms with Gasteiger partial charge in [-0.3, -0.25) is 0 Å². The lowest BCUT2D eigenvalue weighted by atomic mass is 9.77. The first kappa shape index (κ1) is 33.1. The summed E-state index contributed by atoms with van der Waals surface area (Å²) in [5.74, 6) is 0.332. The van der Waals surface area contributed by atoms with Crippen LogP contribution in [0, 0.1) is 5.92 Å². The highest BCUT2D eigenvalue weighted by Gasteiger charge is 2.37. The van der Waals surface area contributed by atoms with Crippen molar-refractivity contribution in [2.45, 2.75) is 25.7 Å². The zero-order chi connectivity index (χ0) is 37.7. The second-order valence-corrected chi connectivity index (χ2v) is 17.2. The molecule has 0 saturated carbocycles. The summed E-state index contributed by atoms with van der Waals surface area (Å²) in [6.45, 7) is 12.9. The van der Waals surface area contributed by atoms with Crippen LogP contribution in [0.5, 0.6) is 0 Å². The topological polar surface area (TPSA) is 0 Å². The van der Waals surface area contributed by atoms with Gasteiger partial charge in [-0.25, -0.2) is 0 Å². The molecule has 266 valence electrons. The van der Waals surface area contributed by atoms with Crippen LogP contribution in [-0.2, 0) is 5.41 Å². The summed E-state index contributed by atoms with van der Waals surface area (Å²) in [6, 6.07) is 43.9. The molecule has 7 aromatic carbocycles. The smallest absolute Gasteiger partial charge is 0.0361 e. The molecule has 0 amide bonds. The molecule has 1 aromatic heterocycles. The van der Waals surface area contributed by atoms with Crippen LogP contribution in [0.3, 0.4) is 0 Å². The standard InChI is InChI=1S/C55H40S/c1-5-6-13-33(2)34-20-21-36-29-38(23-22-35(36)28-34)52-41-15-7-9-17-43(41)53(44-18-10-8-16-42(44)52)39-25-27-49-47(31-39)45-26-24-37-30-48-40-14-11-12-19-50(40)56-51(48)32-46(37)54(45)55(49,3)4/h5-28,30-32,36H,1-2,29H2,3-4H3/b13-6-. The minimum Gasteiger partial charge on any atom is -0.135 e. The summed E-state index contributed by atoms with van der Waals surface area (Å²) >= 11 is 1.91. The Morgan fingerprint density at radius 2 is 1.41 bits per heavy atom. The van der Waals surface area contributed by atoms with Crippen molar-refractivity contribution in [1.82, 2.24) is 0 Å². The SMILES string of the molecule is C=C/C=C\C(=C)C1=CC2=CC=C(c3c4ccccc4c(-c4ccc5c(c4)-c4ccc6cc7c(cc6c4C5(C)C)sc4ccccc47)c4ccccc34)CC2C=C1. The normalized spacial score (nSPS) is 17.0. The van der Waals surface area contributed by atoms with E-state index in [-0.39, 0.29) is 5.41 Å². The maximum Gasteiger partial charge on any atom is 0.0361 e. The molecule has 0 nitrogen and oxygen atoms in total. The largest absolute Gasteiger partial charge is 0.135 e. The van der Waals surface area contributed by atoms with E-state index in [1.807, 2.05) is 23.5 Å². The molecule has 1 heterocycles. The molecule has 0 aliphatic heterocycles. The fourth-order valence-corrected chi connectivity index (χ4v) is 11.1. The van der Waals surface area contributed by atoms with E-state index < -0.39 is 0 Å². The van der Waals surface area contributed by atoms with Gasteiger partial charge in [0.15, 0.2) is 0 Å². The first-order valence-electron chi connectivity index (χ1n) is 19.7. The summed E-state index contributed by atoms with van der Waals surface area (Å²) < 4.78 is 2.71. The number of hydrogen-bond donors (Lipinski definition) is 0. The molecule has 0 saturated heterocycles. The Balaban J connectivity index is 1.07. The Hall–Kier alpha value is -6.28. The highest BCUT2D eigenvalue weighted by molar-refractivity contribution is 7.25. The van der Waals surface area contributed by atoms with Crippen LogP contribution in [0.2, 0.25) is 0 Å². The molecule has 0 N–H and O–H groups in total. The molecule has 3 aliphatic carbocycles. The Kier molecular flexibility index (Phi) is 7.31. The van der Waals surface area contributed by atoms with Crippen LogP contribution in [0.25, 0.3) is 80.3 Å². The first-order valence-corrected chi connectivity index (χ1v) is 20.5. The number of hydrogen-bond acceptors (Lipinski definition) is 1. The Bertz CT molecular complexity index is 3160. The maximum atomic E-state index is 4.29. The van der Waals surface area contributed by atoms with E-state index >= 15 is 0 Å². The molecule has 0 spiro atoms. The van der Waals surface area contributed by atoms with Gasteiger partial charge in [0.25, 0.3) is 0 Å². The van der Waals surface area contributed by atoms with Gasteiger partial charge < -0.3 is 0 Å². The Morgan fingerprint density at radius 1 is 0.696 bits per heavy atom. The fraction of sp³-hybridized carbons (Fsp3) is 0.0909. The number of benzene rings is 7. The van der Waals surface area contributed by atoms with E-state index in [0.29, 0.717) is 5.92 Å². The average Bonchev–Trinajstić information content (AvgIpc) is 3.71. The molecule has 8 aromatic rings. The van der Waals surface area contributed by atoms with Crippen LogP contribution in [0.4, 0.5) is 0 Å². The molecule has 0 bridgehead atoms. The molecule has 1 atom stereocenters. The van der Waals surface area contributed by atoms with Crippen molar-refractivity contribution < 1.29 is 0 Å². The number of fused-ring (bicyclic) bond motifs is 11. The quantitative estimate of drug-likeness (QED) is 0.122. The van der Waals surface area contributed by atoms with Gasteiger partial charge in [-0.15, -0.1) is 11.3 Å². The minimum absolute atomic E-state index is 0.125. The van der Waals surface area contributed by atoms with Gasteiger partial charge in [-0.1, -0.05) is 167 Å². The molecule has 1 heteroatoms. The Morgan fingerprint density at radius 3 is 2.16 bits per heavy atom. The molecular weight excluding hydrogens is 693 g/mol. The third kappa shape index (κ3) is 4.84. The minimum atomic E-state index is -0.125. The van der Waals surface area contributed by atoms with E-state index in [1.165, 1.54) is 103 Å².